The molecule has 2 aromatic heterocycles. The SMILES string of the molecule is CN(C)C(c1cccs1)C1CCC(CC(c2nc(N3CCOCC3=S)co2)N2CCCCC2)CC1. The van der Waals surface area contributed by atoms with Crippen molar-refractivity contribution in [1.82, 2.24) is 14.8 Å². The second-order valence-electron chi connectivity index (χ2n) is 10.7. The van der Waals surface area contributed by atoms with E-state index in [4.69, 9.17) is 26.4 Å². The number of thiophene rings is 1. The summed E-state index contributed by atoms with van der Waals surface area (Å²) < 4.78 is 11.7. The normalized spacial score (nSPS) is 26.3. The van der Waals surface area contributed by atoms with E-state index in [1.807, 2.05) is 17.6 Å². The summed E-state index contributed by atoms with van der Waals surface area (Å²) in [4.78, 5) is 14.4. The van der Waals surface area contributed by atoms with Gasteiger partial charge in [-0.1, -0.05) is 37.5 Å². The van der Waals surface area contributed by atoms with Gasteiger partial charge in [0.25, 0.3) is 0 Å². The van der Waals surface area contributed by atoms with Crippen LogP contribution in [0.5, 0.6) is 0 Å². The number of piperidine rings is 1. The standard InChI is InChI=1S/C27H40N4O2S2/c1-29(2)26(23-7-6-16-35-23)21-10-8-20(9-11-21)17-22(30-12-4-3-5-13-30)27-28-24(18-33-27)31-14-15-32-19-25(31)34/h6-7,16,18,20-22,26H,3-5,8-15,17,19H2,1-2H3. The molecule has 1 aliphatic carbocycles. The van der Waals surface area contributed by atoms with E-state index in [0.717, 1.165) is 54.6 Å². The summed E-state index contributed by atoms with van der Waals surface area (Å²) in [6, 6.07) is 5.32. The second kappa shape index (κ2) is 11.8. The summed E-state index contributed by atoms with van der Waals surface area (Å²) in [7, 11) is 4.48. The predicted octanol–water partition coefficient (Wildman–Crippen LogP) is 5.93. The van der Waals surface area contributed by atoms with Crippen LogP contribution in [0.2, 0.25) is 0 Å². The summed E-state index contributed by atoms with van der Waals surface area (Å²) in [5, 5.41) is 2.22. The molecule has 5 rings (SSSR count). The molecule has 0 spiro atoms. The number of morpholine rings is 1. The molecule has 192 valence electrons. The number of hydrogen-bond acceptors (Lipinski definition) is 7. The smallest absolute Gasteiger partial charge is 0.213 e. The van der Waals surface area contributed by atoms with Gasteiger partial charge in [0.15, 0.2) is 5.82 Å². The Hall–Kier alpha value is -1.32. The highest BCUT2D eigenvalue weighted by Gasteiger charge is 2.35. The molecular formula is C27H40N4O2S2. The third-order valence-corrected chi connectivity index (χ3v) is 9.46. The highest BCUT2D eigenvalue weighted by atomic mass is 32.1. The van der Waals surface area contributed by atoms with E-state index < -0.39 is 0 Å². The highest BCUT2D eigenvalue weighted by molar-refractivity contribution is 7.80. The van der Waals surface area contributed by atoms with Gasteiger partial charge in [0.1, 0.15) is 11.3 Å². The molecule has 0 N–H and O–H groups in total. The molecule has 0 bridgehead atoms. The van der Waals surface area contributed by atoms with Crippen molar-refractivity contribution in [3.8, 4) is 0 Å². The summed E-state index contributed by atoms with van der Waals surface area (Å²) in [5.74, 6) is 3.19. The minimum absolute atomic E-state index is 0.266. The zero-order valence-corrected chi connectivity index (χ0v) is 22.9. The summed E-state index contributed by atoms with van der Waals surface area (Å²) in [6.07, 6.45) is 12.0. The molecule has 2 unspecified atom stereocenters. The minimum Gasteiger partial charge on any atom is -0.445 e. The van der Waals surface area contributed by atoms with E-state index in [2.05, 4.69) is 46.3 Å². The molecule has 2 aliphatic heterocycles. The fourth-order valence-corrected chi connectivity index (χ4v) is 7.66. The first kappa shape index (κ1) is 25.3. The van der Waals surface area contributed by atoms with Crippen LogP contribution in [0.25, 0.3) is 0 Å². The Morgan fingerprint density at radius 1 is 1.14 bits per heavy atom. The van der Waals surface area contributed by atoms with Crippen molar-refractivity contribution in [1.29, 1.82) is 0 Å². The third kappa shape index (κ3) is 5.99. The van der Waals surface area contributed by atoms with Gasteiger partial charge in [0, 0.05) is 17.5 Å². The number of nitrogens with zero attached hydrogens (tertiary/aromatic N) is 4. The second-order valence-corrected chi connectivity index (χ2v) is 12.1. The Kier molecular flexibility index (Phi) is 8.55. The predicted molar refractivity (Wildman–Crippen MR) is 146 cm³/mol. The van der Waals surface area contributed by atoms with Gasteiger partial charge in [-0.15, -0.1) is 11.3 Å². The molecule has 6 nitrogen and oxygen atoms in total. The Bertz CT molecular complexity index is 933. The maximum atomic E-state index is 6.16. The number of rotatable bonds is 8. The van der Waals surface area contributed by atoms with Crippen molar-refractivity contribution < 1.29 is 9.15 Å². The van der Waals surface area contributed by atoms with Crippen LogP contribution in [0, 0.1) is 11.8 Å². The summed E-state index contributed by atoms with van der Waals surface area (Å²) in [5.41, 5.74) is 0. The highest BCUT2D eigenvalue weighted by Crippen LogP contribution is 2.44. The zero-order valence-electron chi connectivity index (χ0n) is 21.2. The van der Waals surface area contributed by atoms with Crippen molar-refractivity contribution in [3.05, 3.63) is 34.5 Å². The fraction of sp³-hybridized carbons (Fsp3) is 0.704. The van der Waals surface area contributed by atoms with Crippen LogP contribution in [-0.2, 0) is 4.74 Å². The Morgan fingerprint density at radius 3 is 2.63 bits per heavy atom. The summed E-state index contributed by atoms with van der Waals surface area (Å²) >= 11 is 7.43. The van der Waals surface area contributed by atoms with E-state index in [9.17, 15) is 0 Å². The average Bonchev–Trinajstić information content (AvgIpc) is 3.57. The van der Waals surface area contributed by atoms with Crippen molar-refractivity contribution in [3.63, 3.8) is 0 Å². The van der Waals surface area contributed by atoms with Crippen LogP contribution in [0.15, 0.2) is 28.2 Å². The van der Waals surface area contributed by atoms with Gasteiger partial charge in [0.05, 0.1) is 19.3 Å². The average molecular weight is 517 g/mol. The van der Waals surface area contributed by atoms with Gasteiger partial charge in [-0.3, -0.25) is 4.90 Å². The van der Waals surface area contributed by atoms with Crippen LogP contribution >= 0.6 is 23.6 Å². The number of thiocarbonyl (C=S) groups is 1. The Morgan fingerprint density at radius 2 is 1.94 bits per heavy atom. The van der Waals surface area contributed by atoms with E-state index in [0.29, 0.717) is 19.3 Å². The molecule has 4 heterocycles. The van der Waals surface area contributed by atoms with E-state index >= 15 is 0 Å². The van der Waals surface area contributed by atoms with E-state index in [-0.39, 0.29) is 6.04 Å². The molecule has 8 heteroatoms. The van der Waals surface area contributed by atoms with Crippen molar-refractivity contribution >= 4 is 34.4 Å². The van der Waals surface area contributed by atoms with Gasteiger partial charge >= 0.3 is 0 Å². The number of likely N-dealkylation sites (tertiary alicyclic amines) is 1. The van der Waals surface area contributed by atoms with Gasteiger partial charge < -0.3 is 19.0 Å². The molecular weight excluding hydrogens is 476 g/mol. The fourth-order valence-electron chi connectivity index (χ4n) is 6.38. The van der Waals surface area contributed by atoms with Crippen LogP contribution in [0.3, 0.4) is 0 Å². The van der Waals surface area contributed by atoms with E-state index in [1.54, 1.807) is 0 Å². The topological polar surface area (TPSA) is 45.0 Å². The minimum atomic E-state index is 0.266. The lowest BCUT2D eigenvalue weighted by molar-refractivity contribution is 0.0947. The first-order valence-electron chi connectivity index (χ1n) is 13.4. The molecule has 0 aromatic carbocycles. The molecule has 0 amide bonds. The molecule has 3 aliphatic rings. The molecule has 2 atom stereocenters. The quantitative estimate of drug-likeness (QED) is 0.403. The first-order valence-corrected chi connectivity index (χ1v) is 14.7. The van der Waals surface area contributed by atoms with E-state index in [1.165, 1.54) is 49.8 Å². The van der Waals surface area contributed by atoms with Crippen molar-refractivity contribution in [2.75, 3.05) is 51.8 Å². The van der Waals surface area contributed by atoms with Crippen LogP contribution in [0.1, 0.15) is 74.2 Å². The molecule has 35 heavy (non-hydrogen) atoms. The molecule has 3 fully saturated rings. The Balaban J connectivity index is 1.26. The molecule has 2 aromatic rings. The van der Waals surface area contributed by atoms with Gasteiger partial charge in [-0.2, -0.15) is 4.98 Å². The lowest BCUT2D eigenvalue weighted by Gasteiger charge is -2.39. The van der Waals surface area contributed by atoms with Crippen LogP contribution in [0.4, 0.5) is 5.82 Å². The first-order chi connectivity index (χ1) is 17.1. The van der Waals surface area contributed by atoms with Crippen molar-refractivity contribution in [2.45, 2.75) is 63.5 Å². The zero-order chi connectivity index (χ0) is 24.2. The summed E-state index contributed by atoms with van der Waals surface area (Å²) in [6.45, 7) is 4.22. The van der Waals surface area contributed by atoms with Crippen LogP contribution < -0.4 is 4.90 Å². The Labute approximate surface area is 219 Å². The maximum Gasteiger partial charge on any atom is 0.213 e. The number of anilines is 1. The van der Waals surface area contributed by atoms with Gasteiger partial charge in [0.2, 0.25) is 5.89 Å². The molecule has 0 radical (unpaired) electrons. The number of oxazole rings is 1. The van der Waals surface area contributed by atoms with Crippen molar-refractivity contribution in [2.24, 2.45) is 11.8 Å². The largest absolute Gasteiger partial charge is 0.445 e. The lowest BCUT2D eigenvalue weighted by atomic mass is 9.75. The third-order valence-electron chi connectivity index (χ3n) is 8.17. The van der Waals surface area contributed by atoms with Gasteiger partial charge in [-0.25, -0.2) is 0 Å². The monoisotopic (exact) mass is 516 g/mol. The molecule has 2 saturated heterocycles. The number of hydrogen-bond donors (Lipinski definition) is 0. The number of aromatic nitrogens is 1. The molecule has 1 saturated carbocycles. The van der Waals surface area contributed by atoms with Gasteiger partial charge in [-0.05, 0) is 82.6 Å². The lowest BCUT2D eigenvalue weighted by Crippen LogP contribution is -2.40. The van der Waals surface area contributed by atoms with Crippen LogP contribution in [-0.4, -0.2) is 66.7 Å². The number of ether oxygens (including phenoxy) is 1. The maximum absolute atomic E-state index is 6.16.